The van der Waals surface area contributed by atoms with Gasteiger partial charge in [-0.25, -0.2) is 0 Å². The maximum Gasteiger partial charge on any atom is 0.271 e. The molecule has 8 heteroatoms. The van der Waals surface area contributed by atoms with Crippen LogP contribution in [-0.4, -0.2) is 26.2 Å². The minimum atomic E-state index is -0.517. The number of rotatable bonds is 3. The third-order valence-electron chi connectivity index (χ3n) is 2.89. The Morgan fingerprint density at radius 1 is 1.14 bits per heavy atom. The zero-order valence-corrected chi connectivity index (χ0v) is 10.6. The summed E-state index contributed by atoms with van der Waals surface area (Å²) in [6.07, 6.45) is 0. The number of aromatic amines is 1. The number of carbonyl (C=O) groups excluding carboxylic acids is 1. The van der Waals surface area contributed by atoms with Gasteiger partial charge in [-0.1, -0.05) is 6.07 Å². The Bertz CT molecular complexity index is 842. The molecule has 0 aliphatic carbocycles. The van der Waals surface area contributed by atoms with E-state index in [1.54, 1.807) is 24.3 Å². The summed E-state index contributed by atoms with van der Waals surface area (Å²) in [6, 6.07) is 10.6. The minimum absolute atomic E-state index is 0.0836. The second-order valence-corrected chi connectivity index (χ2v) is 4.29. The largest absolute Gasteiger partial charge is 0.322 e. The molecule has 8 nitrogen and oxygen atoms in total. The molecular formula is C13H9N5O3. The van der Waals surface area contributed by atoms with E-state index in [0.29, 0.717) is 22.3 Å². The fraction of sp³-hybridized carbons (Fsp3) is 0. The van der Waals surface area contributed by atoms with E-state index in [-0.39, 0.29) is 11.6 Å². The number of nitro benzene ring substituents is 1. The highest BCUT2D eigenvalue weighted by atomic mass is 16.6. The summed E-state index contributed by atoms with van der Waals surface area (Å²) in [5, 5.41) is 23.6. The second kappa shape index (κ2) is 5.00. The first-order chi connectivity index (χ1) is 10.1. The number of carbonyl (C=O) groups is 1. The van der Waals surface area contributed by atoms with Crippen molar-refractivity contribution in [3.63, 3.8) is 0 Å². The SMILES string of the molecule is O=C(Nc1cccc([N+](=O)[O-])c1)c1ccc2n[nH]nc2c1. The highest BCUT2D eigenvalue weighted by Gasteiger charge is 2.11. The van der Waals surface area contributed by atoms with Crippen molar-refractivity contribution >= 4 is 28.3 Å². The molecule has 0 aliphatic heterocycles. The van der Waals surface area contributed by atoms with E-state index in [2.05, 4.69) is 20.7 Å². The molecule has 0 unspecified atom stereocenters. The number of hydrogen-bond acceptors (Lipinski definition) is 5. The molecule has 3 aromatic rings. The highest BCUT2D eigenvalue weighted by Crippen LogP contribution is 2.18. The summed E-state index contributed by atoms with van der Waals surface area (Å²) in [5.74, 6) is -0.375. The van der Waals surface area contributed by atoms with E-state index in [9.17, 15) is 14.9 Å². The van der Waals surface area contributed by atoms with Crippen LogP contribution in [0.25, 0.3) is 11.0 Å². The van der Waals surface area contributed by atoms with Gasteiger partial charge in [-0.15, -0.1) is 0 Å². The van der Waals surface area contributed by atoms with Crippen molar-refractivity contribution in [3.05, 3.63) is 58.1 Å². The smallest absolute Gasteiger partial charge is 0.271 e. The Hall–Kier alpha value is -3.29. The predicted octanol–water partition coefficient (Wildman–Crippen LogP) is 2.12. The van der Waals surface area contributed by atoms with Crippen molar-refractivity contribution in [2.75, 3.05) is 5.32 Å². The fourth-order valence-corrected chi connectivity index (χ4v) is 1.88. The number of nitro groups is 1. The van der Waals surface area contributed by atoms with Gasteiger partial charge < -0.3 is 5.32 Å². The average Bonchev–Trinajstić information content (AvgIpc) is 2.94. The molecular weight excluding hydrogens is 274 g/mol. The lowest BCUT2D eigenvalue weighted by Crippen LogP contribution is -2.11. The third kappa shape index (κ3) is 2.54. The molecule has 0 fully saturated rings. The molecule has 0 saturated heterocycles. The van der Waals surface area contributed by atoms with Crippen molar-refractivity contribution in [1.82, 2.24) is 15.4 Å². The number of fused-ring (bicyclic) bond motifs is 1. The monoisotopic (exact) mass is 283 g/mol. The molecule has 0 atom stereocenters. The lowest BCUT2D eigenvalue weighted by atomic mass is 10.2. The molecule has 0 spiro atoms. The van der Waals surface area contributed by atoms with Crippen LogP contribution in [0.3, 0.4) is 0 Å². The zero-order valence-electron chi connectivity index (χ0n) is 10.6. The zero-order chi connectivity index (χ0) is 14.8. The maximum atomic E-state index is 12.1. The van der Waals surface area contributed by atoms with Gasteiger partial charge in [0.2, 0.25) is 0 Å². The Labute approximate surface area is 117 Å². The van der Waals surface area contributed by atoms with E-state index in [4.69, 9.17) is 0 Å². The molecule has 1 aromatic heterocycles. The van der Waals surface area contributed by atoms with Gasteiger partial charge in [-0.05, 0) is 24.3 Å². The number of anilines is 1. The van der Waals surface area contributed by atoms with Gasteiger partial charge in [0, 0.05) is 23.4 Å². The quantitative estimate of drug-likeness (QED) is 0.564. The molecule has 1 heterocycles. The van der Waals surface area contributed by atoms with Gasteiger partial charge in [-0.3, -0.25) is 14.9 Å². The first-order valence-corrected chi connectivity index (χ1v) is 6.00. The standard InChI is InChI=1S/C13H9N5O3/c19-13(8-4-5-11-12(6-8)16-17-15-11)14-9-2-1-3-10(7-9)18(20)21/h1-7H,(H,14,19)(H,15,16,17). The number of hydrogen-bond donors (Lipinski definition) is 2. The maximum absolute atomic E-state index is 12.1. The molecule has 2 N–H and O–H groups in total. The van der Waals surface area contributed by atoms with Gasteiger partial charge in [0.25, 0.3) is 11.6 Å². The van der Waals surface area contributed by atoms with Crippen LogP contribution in [0.2, 0.25) is 0 Å². The summed E-state index contributed by atoms with van der Waals surface area (Å²) in [5.41, 5.74) is 1.89. The molecule has 1 amide bonds. The molecule has 0 saturated carbocycles. The summed E-state index contributed by atoms with van der Waals surface area (Å²) >= 11 is 0. The van der Waals surface area contributed by atoms with Crippen molar-refractivity contribution in [3.8, 4) is 0 Å². The molecule has 0 radical (unpaired) electrons. The molecule has 2 aromatic carbocycles. The lowest BCUT2D eigenvalue weighted by molar-refractivity contribution is -0.384. The molecule has 0 aliphatic rings. The topological polar surface area (TPSA) is 114 Å². The minimum Gasteiger partial charge on any atom is -0.322 e. The number of nitrogens with zero attached hydrogens (tertiary/aromatic N) is 3. The van der Waals surface area contributed by atoms with E-state index in [0.717, 1.165) is 0 Å². The second-order valence-electron chi connectivity index (χ2n) is 4.29. The average molecular weight is 283 g/mol. The Balaban J connectivity index is 1.85. The number of amides is 1. The van der Waals surface area contributed by atoms with Crippen LogP contribution in [-0.2, 0) is 0 Å². The van der Waals surface area contributed by atoms with Gasteiger partial charge in [0.1, 0.15) is 11.0 Å². The van der Waals surface area contributed by atoms with Gasteiger partial charge >= 0.3 is 0 Å². The number of benzene rings is 2. The molecule has 0 bridgehead atoms. The van der Waals surface area contributed by atoms with E-state index < -0.39 is 4.92 Å². The first-order valence-electron chi connectivity index (χ1n) is 6.00. The van der Waals surface area contributed by atoms with Crippen LogP contribution in [0.5, 0.6) is 0 Å². The van der Waals surface area contributed by atoms with Crippen molar-refractivity contribution in [2.45, 2.75) is 0 Å². The summed E-state index contributed by atoms with van der Waals surface area (Å²) in [6.45, 7) is 0. The van der Waals surface area contributed by atoms with E-state index in [1.807, 2.05) is 0 Å². The molecule has 3 rings (SSSR count). The van der Waals surface area contributed by atoms with Crippen LogP contribution in [0, 0.1) is 10.1 Å². The molecule has 21 heavy (non-hydrogen) atoms. The van der Waals surface area contributed by atoms with Crippen LogP contribution in [0.15, 0.2) is 42.5 Å². The third-order valence-corrected chi connectivity index (χ3v) is 2.89. The normalized spacial score (nSPS) is 10.5. The lowest BCUT2D eigenvalue weighted by Gasteiger charge is -2.04. The fourth-order valence-electron chi connectivity index (χ4n) is 1.88. The van der Waals surface area contributed by atoms with E-state index in [1.165, 1.54) is 18.2 Å². The number of nitrogens with one attached hydrogen (secondary N) is 2. The van der Waals surface area contributed by atoms with Crippen LogP contribution >= 0.6 is 0 Å². The summed E-state index contributed by atoms with van der Waals surface area (Å²) in [7, 11) is 0. The van der Waals surface area contributed by atoms with Crippen molar-refractivity contribution < 1.29 is 9.72 Å². The highest BCUT2D eigenvalue weighted by molar-refractivity contribution is 6.05. The summed E-state index contributed by atoms with van der Waals surface area (Å²) in [4.78, 5) is 22.3. The van der Waals surface area contributed by atoms with Gasteiger partial charge in [-0.2, -0.15) is 15.4 Å². The van der Waals surface area contributed by atoms with E-state index >= 15 is 0 Å². The van der Waals surface area contributed by atoms with Gasteiger partial charge in [0.05, 0.1) is 4.92 Å². The Morgan fingerprint density at radius 3 is 2.76 bits per heavy atom. The Kier molecular flexibility index (Phi) is 3.03. The first kappa shape index (κ1) is 12.7. The summed E-state index contributed by atoms with van der Waals surface area (Å²) < 4.78 is 0. The number of H-pyrrole nitrogens is 1. The number of non-ortho nitro benzene ring substituents is 1. The van der Waals surface area contributed by atoms with Crippen LogP contribution in [0.1, 0.15) is 10.4 Å². The van der Waals surface area contributed by atoms with Crippen LogP contribution < -0.4 is 5.32 Å². The Morgan fingerprint density at radius 2 is 1.95 bits per heavy atom. The molecule has 104 valence electrons. The van der Waals surface area contributed by atoms with Crippen LogP contribution in [0.4, 0.5) is 11.4 Å². The van der Waals surface area contributed by atoms with Crippen molar-refractivity contribution in [1.29, 1.82) is 0 Å². The number of aromatic nitrogens is 3. The van der Waals surface area contributed by atoms with Crippen molar-refractivity contribution in [2.24, 2.45) is 0 Å². The van der Waals surface area contributed by atoms with Gasteiger partial charge in [0.15, 0.2) is 0 Å². The predicted molar refractivity (Wildman–Crippen MR) is 74.9 cm³/mol.